The molecule has 0 radical (unpaired) electrons. The van der Waals surface area contributed by atoms with E-state index in [9.17, 15) is 4.79 Å². The fourth-order valence-electron chi connectivity index (χ4n) is 4.28. The van der Waals surface area contributed by atoms with Crippen LogP contribution in [0.1, 0.15) is 44.7 Å². The molecule has 6 heteroatoms. The van der Waals surface area contributed by atoms with E-state index in [1.54, 1.807) is 6.20 Å². The van der Waals surface area contributed by atoms with Gasteiger partial charge < -0.3 is 10.6 Å². The van der Waals surface area contributed by atoms with Crippen LogP contribution in [0, 0.1) is 17.8 Å². The molecule has 136 valence electrons. The van der Waals surface area contributed by atoms with Crippen molar-refractivity contribution in [1.29, 1.82) is 0 Å². The number of fused-ring (bicyclic) bond motifs is 2. The Morgan fingerprint density at radius 2 is 1.92 bits per heavy atom. The molecule has 1 aromatic rings. The lowest BCUT2D eigenvalue weighted by Crippen LogP contribution is -2.49. The molecule has 1 heterocycles. The molecule has 2 fully saturated rings. The molecule has 0 aliphatic heterocycles. The minimum atomic E-state index is 0. The Morgan fingerprint density at radius 3 is 2.46 bits per heavy atom. The quantitative estimate of drug-likeness (QED) is 0.879. The number of nitrogens with two attached hydrogens (primary N) is 1. The summed E-state index contributed by atoms with van der Waals surface area (Å²) in [5, 5.41) is 0. The number of carbonyl (C=O) groups is 1. The van der Waals surface area contributed by atoms with E-state index in [1.165, 1.54) is 19.3 Å². The number of nitrogens with zero attached hydrogens (tertiary/aromatic N) is 2. The Kier molecular flexibility index (Phi) is 8.48. The van der Waals surface area contributed by atoms with Crippen LogP contribution in [-0.2, 0) is 11.3 Å². The Labute approximate surface area is 157 Å². The topological polar surface area (TPSA) is 59.2 Å². The molecular formula is C18H29Cl2N3O. The van der Waals surface area contributed by atoms with E-state index < -0.39 is 0 Å². The van der Waals surface area contributed by atoms with Gasteiger partial charge in [0, 0.05) is 24.7 Å². The van der Waals surface area contributed by atoms with E-state index in [0.29, 0.717) is 30.3 Å². The van der Waals surface area contributed by atoms with Crippen LogP contribution < -0.4 is 5.73 Å². The number of amides is 1. The summed E-state index contributed by atoms with van der Waals surface area (Å²) in [6.45, 7) is 3.41. The van der Waals surface area contributed by atoms with E-state index in [4.69, 9.17) is 5.73 Å². The molecule has 2 unspecified atom stereocenters. The van der Waals surface area contributed by atoms with E-state index >= 15 is 0 Å². The van der Waals surface area contributed by atoms with E-state index in [1.807, 2.05) is 23.1 Å². The first-order valence-electron chi connectivity index (χ1n) is 8.63. The first-order chi connectivity index (χ1) is 10.7. The number of aromatic nitrogens is 1. The third-order valence-electron chi connectivity index (χ3n) is 5.53. The normalized spacial score (nSPS) is 28.2. The second kappa shape index (κ2) is 9.59. The number of hydrogen-bond acceptors (Lipinski definition) is 3. The zero-order chi connectivity index (χ0) is 15.5. The smallest absolute Gasteiger partial charge is 0.226 e. The van der Waals surface area contributed by atoms with Gasteiger partial charge in [-0.15, -0.1) is 24.8 Å². The monoisotopic (exact) mass is 373 g/mol. The maximum Gasteiger partial charge on any atom is 0.226 e. The summed E-state index contributed by atoms with van der Waals surface area (Å²) in [7, 11) is 0. The molecule has 2 saturated carbocycles. The number of halogens is 2. The average molecular weight is 374 g/mol. The predicted octanol–water partition coefficient (Wildman–Crippen LogP) is 3.43. The molecule has 24 heavy (non-hydrogen) atoms. The summed E-state index contributed by atoms with van der Waals surface area (Å²) in [4.78, 5) is 19.2. The van der Waals surface area contributed by atoms with Gasteiger partial charge in [-0.1, -0.05) is 12.5 Å². The molecule has 2 atom stereocenters. The van der Waals surface area contributed by atoms with Crippen molar-refractivity contribution < 1.29 is 4.79 Å². The molecule has 4 nitrogen and oxygen atoms in total. The van der Waals surface area contributed by atoms with E-state index in [2.05, 4.69) is 11.9 Å². The third kappa shape index (κ3) is 4.62. The summed E-state index contributed by atoms with van der Waals surface area (Å²) in [6.07, 6.45) is 7.44. The van der Waals surface area contributed by atoms with Gasteiger partial charge in [-0.25, -0.2) is 0 Å². The van der Waals surface area contributed by atoms with Crippen LogP contribution in [0.5, 0.6) is 0 Å². The molecule has 0 aromatic carbocycles. The van der Waals surface area contributed by atoms with Gasteiger partial charge in [0.15, 0.2) is 0 Å². The highest BCUT2D eigenvalue weighted by atomic mass is 35.5. The van der Waals surface area contributed by atoms with Gasteiger partial charge in [0.2, 0.25) is 5.91 Å². The minimum absolute atomic E-state index is 0. The summed E-state index contributed by atoms with van der Waals surface area (Å²) in [5.74, 6) is 1.57. The van der Waals surface area contributed by atoms with Crippen LogP contribution in [0.15, 0.2) is 24.4 Å². The second-order valence-corrected chi connectivity index (χ2v) is 6.87. The standard InChI is InChI=1S/C18H27N3O.2ClH/c1-2-21(12-16-8-3-4-9-20-16)18(22)15-10-13-6-5-7-14(11-15)17(13)19;;/h3-4,8-9,13-15,17H,2,5-7,10-12,19H2,1H3;2*1H. The minimum Gasteiger partial charge on any atom is -0.337 e. The predicted molar refractivity (Wildman–Crippen MR) is 101 cm³/mol. The van der Waals surface area contributed by atoms with Crippen LogP contribution in [0.25, 0.3) is 0 Å². The van der Waals surface area contributed by atoms with Gasteiger partial charge in [0.1, 0.15) is 0 Å². The Hall–Kier alpha value is -0.840. The number of hydrogen-bond donors (Lipinski definition) is 1. The summed E-state index contributed by atoms with van der Waals surface area (Å²) in [6, 6.07) is 6.20. The molecule has 0 spiro atoms. The van der Waals surface area contributed by atoms with Crippen molar-refractivity contribution in [2.45, 2.75) is 51.6 Å². The van der Waals surface area contributed by atoms with Crippen LogP contribution in [0.4, 0.5) is 0 Å². The van der Waals surface area contributed by atoms with Gasteiger partial charge in [0.05, 0.1) is 12.2 Å². The van der Waals surface area contributed by atoms with E-state index in [0.717, 1.165) is 25.1 Å². The molecular weight excluding hydrogens is 345 g/mol. The van der Waals surface area contributed by atoms with Crippen molar-refractivity contribution in [3.8, 4) is 0 Å². The summed E-state index contributed by atoms with van der Waals surface area (Å²) in [5.41, 5.74) is 7.31. The van der Waals surface area contributed by atoms with Gasteiger partial charge in [-0.3, -0.25) is 9.78 Å². The van der Waals surface area contributed by atoms with Gasteiger partial charge >= 0.3 is 0 Å². The molecule has 2 N–H and O–H groups in total. The highest BCUT2D eigenvalue weighted by molar-refractivity contribution is 5.85. The number of rotatable bonds is 4. The lowest BCUT2D eigenvalue weighted by atomic mass is 9.65. The lowest BCUT2D eigenvalue weighted by molar-refractivity contribution is -0.139. The largest absolute Gasteiger partial charge is 0.337 e. The van der Waals surface area contributed by atoms with Crippen LogP contribution in [0.2, 0.25) is 0 Å². The summed E-state index contributed by atoms with van der Waals surface area (Å²) < 4.78 is 0. The van der Waals surface area contributed by atoms with Crippen molar-refractivity contribution in [2.24, 2.45) is 23.5 Å². The van der Waals surface area contributed by atoms with Gasteiger partial charge in [0.25, 0.3) is 0 Å². The molecule has 1 aromatic heterocycles. The van der Waals surface area contributed by atoms with Gasteiger partial charge in [-0.2, -0.15) is 0 Å². The maximum atomic E-state index is 12.9. The first-order valence-corrected chi connectivity index (χ1v) is 8.63. The molecule has 2 bridgehead atoms. The van der Waals surface area contributed by atoms with Crippen LogP contribution >= 0.6 is 24.8 Å². The molecule has 2 aliphatic rings. The highest BCUT2D eigenvalue weighted by Crippen LogP contribution is 2.42. The Bertz CT molecular complexity index is 500. The lowest BCUT2D eigenvalue weighted by Gasteiger charge is -2.44. The zero-order valence-corrected chi connectivity index (χ0v) is 15.9. The molecule has 2 aliphatic carbocycles. The van der Waals surface area contributed by atoms with Crippen molar-refractivity contribution in [1.82, 2.24) is 9.88 Å². The van der Waals surface area contributed by atoms with E-state index in [-0.39, 0.29) is 30.7 Å². The first kappa shape index (κ1) is 21.2. The van der Waals surface area contributed by atoms with Gasteiger partial charge in [-0.05, 0) is 56.6 Å². The maximum absolute atomic E-state index is 12.9. The molecule has 0 saturated heterocycles. The highest BCUT2D eigenvalue weighted by Gasteiger charge is 2.41. The third-order valence-corrected chi connectivity index (χ3v) is 5.53. The fourth-order valence-corrected chi connectivity index (χ4v) is 4.28. The van der Waals surface area contributed by atoms with Crippen molar-refractivity contribution >= 4 is 30.7 Å². The Balaban J connectivity index is 0.00000144. The second-order valence-electron chi connectivity index (χ2n) is 6.87. The molecule has 3 rings (SSSR count). The summed E-state index contributed by atoms with van der Waals surface area (Å²) >= 11 is 0. The number of carbonyl (C=O) groups excluding carboxylic acids is 1. The molecule has 1 amide bonds. The Morgan fingerprint density at radius 1 is 1.25 bits per heavy atom. The number of pyridine rings is 1. The van der Waals surface area contributed by atoms with Crippen molar-refractivity contribution in [3.05, 3.63) is 30.1 Å². The van der Waals surface area contributed by atoms with Crippen LogP contribution in [0.3, 0.4) is 0 Å². The fraction of sp³-hybridized carbons (Fsp3) is 0.667. The zero-order valence-electron chi connectivity index (χ0n) is 14.3. The van der Waals surface area contributed by atoms with Crippen LogP contribution in [-0.4, -0.2) is 28.4 Å². The van der Waals surface area contributed by atoms with Crippen molar-refractivity contribution in [3.63, 3.8) is 0 Å². The average Bonchev–Trinajstić information content (AvgIpc) is 2.53. The van der Waals surface area contributed by atoms with Crippen molar-refractivity contribution in [2.75, 3.05) is 6.54 Å². The SMILES string of the molecule is CCN(Cc1ccccn1)C(=O)C1CC2CCCC(C1)C2N.Cl.Cl.